The minimum Gasteiger partial charge on any atom is -0.295 e. The van der Waals surface area contributed by atoms with Gasteiger partial charge in [0.1, 0.15) is 0 Å². The number of hydrogen-bond acceptors (Lipinski definition) is 1. The first kappa shape index (κ1) is 11.7. The molecule has 0 bridgehead atoms. The number of Topliss-reactive ketones (excluding diaryl/α,β-unsaturated/α-hetero) is 1. The van der Waals surface area contributed by atoms with Crippen LogP contribution in [0.4, 0.5) is 0 Å². The molecule has 0 saturated carbocycles. The molecule has 0 heterocycles. The fourth-order valence-electron chi connectivity index (χ4n) is 2.37. The van der Waals surface area contributed by atoms with Gasteiger partial charge in [0.05, 0.1) is 0 Å². The van der Waals surface area contributed by atoms with Crippen LogP contribution in [-0.2, 0) is 0 Å². The lowest BCUT2D eigenvalue weighted by Gasteiger charge is -2.09. The van der Waals surface area contributed by atoms with Crippen molar-refractivity contribution >= 4 is 16.6 Å². The Kier molecular flexibility index (Phi) is 2.88. The van der Waals surface area contributed by atoms with E-state index in [1.807, 2.05) is 48.5 Å². The minimum atomic E-state index is 0.0999. The number of rotatable bonds is 2. The Hall–Kier alpha value is -2.41. The summed E-state index contributed by atoms with van der Waals surface area (Å²) in [6, 6.07) is 22.3. The van der Waals surface area contributed by atoms with Gasteiger partial charge in [-0.3, -0.25) is 4.79 Å². The highest BCUT2D eigenvalue weighted by molar-refractivity contribution is 6.04. The van der Waals surface area contributed by atoms with Crippen LogP contribution in [0.2, 0.25) is 0 Å². The summed E-state index contributed by atoms with van der Waals surface area (Å²) in [5.41, 5.74) is 3.02. The molecule has 0 spiro atoms. The second-order valence-corrected chi connectivity index (χ2v) is 4.67. The molecule has 0 N–H and O–H groups in total. The van der Waals surface area contributed by atoms with E-state index in [4.69, 9.17) is 0 Å². The summed E-state index contributed by atoms with van der Waals surface area (Å²) >= 11 is 0. The smallest absolute Gasteiger partial charge is 0.159 e. The summed E-state index contributed by atoms with van der Waals surface area (Å²) in [6.07, 6.45) is 0. The van der Waals surface area contributed by atoms with Crippen molar-refractivity contribution in [3.63, 3.8) is 0 Å². The van der Waals surface area contributed by atoms with E-state index in [9.17, 15) is 4.79 Å². The van der Waals surface area contributed by atoms with Crippen LogP contribution in [0.1, 0.15) is 17.3 Å². The van der Waals surface area contributed by atoms with E-state index < -0.39 is 0 Å². The third-order valence-corrected chi connectivity index (χ3v) is 3.35. The average Bonchev–Trinajstić information content (AvgIpc) is 2.47. The third kappa shape index (κ3) is 2.15. The summed E-state index contributed by atoms with van der Waals surface area (Å²) in [5.74, 6) is 0.0999. The Morgan fingerprint density at radius 3 is 2.26 bits per heavy atom. The van der Waals surface area contributed by atoms with Crippen molar-refractivity contribution in [2.24, 2.45) is 0 Å². The molecule has 0 fully saturated rings. The first-order valence-electron chi connectivity index (χ1n) is 6.35. The predicted molar refractivity (Wildman–Crippen MR) is 79.4 cm³/mol. The lowest BCUT2D eigenvalue weighted by atomic mass is 9.94. The van der Waals surface area contributed by atoms with Crippen molar-refractivity contribution in [3.05, 3.63) is 72.3 Å². The average molecular weight is 246 g/mol. The molecule has 92 valence electrons. The molecule has 19 heavy (non-hydrogen) atoms. The van der Waals surface area contributed by atoms with Crippen molar-refractivity contribution in [1.82, 2.24) is 0 Å². The quantitative estimate of drug-likeness (QED) is 0.598. The highest BCUT2D eigenvalue weighted by Crippen LogP contribution is 2.30. The van der Waals surface area contributed by atoms with Crippen LogP contribution in [0.5, 0.6) is 0 Å². The van der Waals surface area contributed by atoms with Gasteiger partial charge in [-0.05, 0) is 41.0 Å². The molecule has 0 aliphatic carbocycles. The lowest BCUT2D eigenvalue weighted by Crippen LogP contribution is -1.93. The molecule has 0 saturated heterocycles. The van der Waals surface area contributed by atoms with Crippen molar-refractivity contribution in [1.29, 1.82) is 0 Å². The zero-order valence-electron chi connectivity index (χ0n) is 10.8. The first-order valence-corrected chi connectivity index (χ1v) is 6.35. The lowest BCUT2D eigenvalue weighted by molar-refractivity contribution is 0.101. The van der Waals surface area contributed by atoms with Crippen LogP contribution in [0.3, 0.4) is 0 Å². The zero-order chi connectivity index (χ0) is 13.2. The number of carbonyl (C=O) groups is 1. The molecule has 0 atom stereocenters. The van der Waals surface area contributed by atoms with E-state index in [0.29, 0.717) is 0 Å². The van der Waals surface area contributed by atoms with Gasteiger partial charge >= 0.3 is 0 Å². The minimum absolute atomic E-state index is 0.0999. The van der Waals surface area contributed by atoms with Crippen LogP contribution < -0.4 is 0 Å². The highest BCUT2D eigenvalue weighted by Gasteiger charge is 2.08. The van der Waals surface area contributed by atoms with Crippen molar-refractivity contribution in [2.45, 2.75) is 6.92 Å². The van der Waals surface area contributed by atoms with Gasteiger partial charge < -0.3 is 0 Å². The van der Waals surface area contributed by atoms with Crippen molar-refractivity contribution < 1.29 is 4.79 Å². The van der Waals surface area contributed by atoms with E-state index in [1.165, 1.54) is 5.39 Å². The molecule has 0 aliphatic rings. The zero-order valence-corrected chi connectivity index (χ0v) is 10.8. The maximum atomic E-state index is 11.7. The van der Waals surface area contributed by atoms with Gasteiger partial charge in [-0.15, -0.1) is 0 Å². The van der Waals surface area contributed by atoms with Gasteiger partial charge in [0.2, 0.25) is 0 Å². The van der Waals surface area contributed by atoms with Gasteiger partial charge in [0.15, 0.2) is 5.78 Å². The third-order valence-electron chi connectivity index (χ3n) is 3.35. The molecule has 3 aromatic rings. The Morgan fingerprint density at radius 1 is 0.842 bits per heavy atom. The number of benzene rings is 3. The number of hydrogen-bond donors (Lipinski definition) is 0. The molecule has 0 amide bonds. The van der Waals surface area contributed by atoms with E-state index in [0.717, 1.165) is 22.1 Å². The molecule has 3 rings (SSSR count). The Morgan fingerprint density at radius 2 is 1.53 bits per heavy atom. The second-order valence-electron chi connectivity index (χ2n) is 4.67. The van der Waals surface area contributed by atoms with Crippen LogP contribution in [0.15, 0.2) is 66.7 Å². The summed E-state index contributed by atoms with van der Waals surface area (Å²) in [6.45, 7) is 1.61. The first-order chi connectivity index (χ1) is 9.25. The molecule has 1 heteroatoms. The molecule has 0 aliphatic heterocycles. The van der Waals surface area contributed by atoms with Crippen molar-refractivity contribution in [3.8, 4) is 11.1 Å². The van der Waals surface area contributed by atoms with Crippen LogP contribution in [-0.4, -0.2) is 5.78 Å². The standard InChI is InChI=1S/C18H14O/c1-13(19)16-11-15-9-5-6-10-17(15)18(12-16)14-7-3-2-4-8-14/h2-12H,1H3. The van der Waals surface area contributed by atoms with Crippen molar-refractivity contribution in [2.75, 3.05) is 0 Å². The Bertz CT molecular complexity index is 742. The largest absolute Gasteiger partial charge is 0.295 e. The monoisotopic (exact) mass is 246 g/mol. The van der Waals surface area contributed by atoms with Crippen LogP contribution >= 0.6 is 0 Å². The Labute approximate surface area is 112 Å². The van der Waals surface area contributed by atoms with E-state index in [-0.39, 0.29) is 5.78 Å². The Balaban J connectivity index is 2.36. The van der Waals surface area contributed by atoms with E-state index in [2.05, 4.69) is 18.2 Å². The van der Waals surface area contributed by atoms with Gasteiger partial charge in [0.25, 0.3) is 0 Å². The number of fused-ring (bicyclic) bond motifs is 1. The normalized spacial score (nSPS) is 10.6. The fraction of sp³-hybridized carbons (Fsp3) is 0.0556. The number of carbonyl (C=O) groups excluding carboxylic acids is 1. The van der Waals surface area contributed by atoms with Gasteiger partial charge in [-0.25, -0.2) is 0 Å². The highest BCUT2D eigenvalue weighted by atomic mass is 16.1. The molecular weight excluding hydrogens is 232 g/mol. The maximum absolute atomic E-state index is 11.7. The molecule has 0 aromatic heterocycles. The fourth-order valence-corrected chi connectivity index (χ4v) is 2.37. The summed E-state index contributed by atoms with van der Waals surface area (Å²) in [4.78, 5) is 11.7. The van der Waals surface area contributed by atoms with E-state index in [1.54, 1.807) is 6.92 Å². The molecule has 0 unspecified atom stereocenters. The second kappa shape index (κ2) is 4.69. The molecule has 3 aromatic carbocycles. The SMILES string of the molecule is CC(=O)c1cc(-c2ccccc2)c2ccccc2c1. The molecule has 0 radical (unpaired) electrons. The maximum Gasteiger partial charge on any atom is 0.159 e. The van der Waals surface area contributed by atoms with Gasteiger partial charge in [-0.2, -0.15) is 0 Å². The summed E-state index contributed by atoms with van der Waals surface area (Å²) in [5, 5.41) is 2.28. The predicted octanol–water partition coefficient (Wildman–Crippen LogP) is 4.71. The molecule has 1 nitrogen and oxygen atoms in total. The van der Waals surface area contributed by atoms with Gasteiger partial charge in [-0.1, -0.05) is 54.6 Å². The van der Waals surface area contributed by atoms with Crippen LogP contribution in [0.25, 0.3) is 21.9 Å². The topological polar surface area (TPSA) is 17.1 Å². The summed E-state index contributed by atoms with van der Waals surface area (Å²) < 4.78 is 0. The van der Waals surface area contributed by atoms with Crippen LogP contribution in [0, 0.1) is 0 Å². The number of ketones is 1. The summed E-state index contributed by atoms with van der Waals surface area (Å²) in [7, 11) is 0. The molecular formula is C18H14O. The van der Waals surface area contributed by atoms with E-state index >= 15 is 0 Å². The van der Waals surface area contributed by atoms with Gasteiger partial charge in [0, 0.05) is 5.56 Å².